The van der Waals surface area contributed by atoms with E-state index in [1.807, 2.05) is 36.9 Å². The standard InChI is InChI=1S/C23H29N3O2S/c1-16-6-5-7-17(2)22(16)24-21(27)15-25-10-12-26(13-11-25)23(28)20-14-18-8-3-4-9-19(18)29-20/h5-7,14H,3-4,8-13,15H2,1-2H3,(H,24,27)/p+1. The number of quaternary nitrogens is 1. The number of carbonyl (C=O) groups excluding carboxylic acids is 2. The predicted molar refractivity (Wildman–Crippen MR) is 117 cm³/mol. The van der Waals surface area contributed by atoms with Crippen LogP contribution in [-0.4, -0.2) is 49.4 Å². The van der Waals surface area contributed by atoms with Crippen molar-refractivity contribution in [2.75, 3.05) is 38.0 Å². The van der Waals surface area contributed by atoms with Crippen LogP contribution < -0.4 is 10.2 Å². The summed E-state index contributed by atoms with van der Waals surface area (Å²) in [5.74, 6) is 0.214. The minimum Gasteiger partial charge on any atom is -0.327 e. The van der Waals surface area contributed by atoms with Gasteiger partial charge in [-0.25, -0.2) is 0 Å². The van der Waals surface area contributed by atoms with Crippen molar-refractivity contribution in [2.45, 2.75) is 39.5 Å². The molecule has 1 saturated heterocycles. The summed E-state index contributed by atoms with van der Waals surface area (Å²) in [6.07, 6.45) is 4.73. The molecule has 0 saturated carbocycles. The number of carbonyl (C=O) groups is 2. The average Bonchev–Trinajstić information content (AvgIpc) is 3.15. The van der Waals surface area contributed by atoms with Gasteiger partial charge in [0.25, 0.3) is 11.8 Å². The molecule has 5 nitrogen and oxygen atoms in total. The van der Waals surface area contributed by atoms with E-state index in [0.717, 1.165) is 47.6 Å². The summed E-state index contributed by atoms with van der Waals surface area (Å²) in [7, 11) is 0. The molecule has 1 aromatic heterocycles. The number of nitrogens with one attached hydrogen (secondary N) is 2. The molecule has 0 atom stereocenters. The number of nitrogens with zero attached hydrogens (tertiary/aromatic N) is 1. The Balaban J connectivity index is 1.29. The van der Waals surface area contributed by atoms with E-state index >= 15 is 0 Å². The number of aryl methyl sites for hydroxylation is 4. The molecule has 2 aliphatic rings. The van der Waals surface area contributed by atoms with Crippen molar-refractivity contribution >= 4 is 28.8 Å². The Kier molecular flexibility index (Phi) is 6.01. The van der Waals surface area contributed by atoms with E-state index in [4.69, 9.17) is 0 Å². The smallest absolute Gasteiger partial charge is 0.279 e. The van der Waals surface area contributed by atoms with Crippen LogP contribution in [0.3, 0.4) is 0 Å². The zero-order valence-electron chi connectivity index (χ0n) is 17.3. The third-order valence-corrected chi connectivity index (χ3v) is 7.35. The van der Waals surface area contributed by atoms with Gasteiger partial charge in [-0.05, 0) is 62.3 Å². The van der Waals surface area contributed by atoms with E-state index in [1.165, 1.54) is 28.2 Å². The van der Waals surface area contributed by atoms with Crippen LogP contribution in [-0.2, 0) is 17.6 Å². The lowest BCUT2D eigenvalue weighted by atomic mass is 9.99. The zero-order valence-corrected chi connectivity index (χ0v) is 18.2. The number of rotatable bonds is 4. The Morgan fingerprint density at radius 2 is 1.79 bits per heavy atom. The van der Waals surface area contributed by atoms with Gasteiger partial charge >= 0.3 is 0 Å². The summed E-state index contributed by atoms with van der Waals surface area (Å²) in [4.78, 5) is 30.9. The molecule has 154 valence electrons. The maximum atomic E-state index is 12.9. The third-order valence-electron chi connectivity index (χ3n) is 6.12. The number of para-hydroxylation sites is 1. The Bertz CT molecular complexity index is 869. The zero-order chi connectivity index (χ0) is 20.4. The number of thiophene rings is 1. The van der Waals surface area contributed by atoms with E-state index in [1.54, 1.807) is 11.3 Å². The summed E-state index contributed by atoms with van der Waals surface area (Å²) < 4.78 is 0. The number of hydrogen-bond donors (Lipinski definition) is 2. The van der Waals surface area contributed by atoms with Crippen molar-refractivity contribution in [1.29, 1.82) is 0 Å². The second-order valence-corrected chi connectivity index (χ2v) is 9.44. The van der Waals surface area contributed by atoms with Gasteiger partial charge in [-0.15, -0.1) is 11.3 Å². The quantitative estimate of drug-likeness (QED) is 0.809. The first-order valence-electron chi connectivity index (χ1n) is 10.6. The molecule has 0 radical (unpaired) electrons. The molecule has 4 rings (SSSR count). The molecule has 0 unspecified atom stereocenters. The molecule has 2 heterocycles. The molecule has 0 spiro atoms. The first-order valence-corrected chi connectivity index (χ1v) is 11.4. The van der Waals surface area contributed by atoms with Crippen molar-refractivity contribution in [3.05, 3.63) is 50.7 Å². The Morgan fingerprint density at radius 1 is 1.10 bits per heavy atom. The topological polar surface area (TPSA) is 53.9 Å². The lowest BCUT2D eigenvalue weighted by molar-refractivity contribution is -0.895. The number of benzene rings is 1. The Morgan fingerprint density at radius 3 is 2.48 bits per heavy atom. The third kappa shape index (κ3) is 4.54. The van der Waals surface area contributed by atoms with Crippen LogP contribution in [0.25, 0.3) is 0 Å². The lowest BCUT2D eigenvalue weighted by Gasteiger charge is -2.31. The maximum absolute atomic E-state index is 12.9. The molecular formula is C23H30N3O2S+. The van der Waals surface area contributed by atoms with Crippen LogP contribution in [0.2, 0.25) is 0 Å². The van der Waals surface area contributed by atoms with Crippen LogP contribution in [0.15, 0.2) is 24.3 Å². The van der Waals surface area contributed by atoms with E-state index < -0.39 is 0 Å². The van der Waals surface area contributed by atoms with E-state index in [0.29, 0.717) is 19.6 Å². The Labute approximate surface area is 176 Å². The summed E-state index contributed by atoms with van der Waals surface area (Å²) in [6.45, 7) is 7.54. The number of fused-ring (bicyclic) bond motifs is 1. The molecule has 1 aromatic carbocycles. The number of amides is 2. The van der Waals surface area contributed by atoms with Crippen LogP contribution >= 0.6 is 11.3 Å². The summed E-state index contributed by atoms with van der Waals surface area (Å²) in [6, 6.07) is 8.16. The fourth-order valence-electron chi connectivity index (χ4n) is 4.38. The van der Waals surface area contributed by atoms with E-state index in [-0.39, 0.29) is 11.8 Å². The van der Waals surface area contributed by atoms with Crippen molar-refractivity contribution in [1.82, 2.24) is 4.90 Å². The van der Waals surface area contributed by atoms with Crippen LogP contribution in [0.1, 0.15) is 44.1 Å². The number of piperazine rings is 1. The SMILES string of the molecule is Cc1cccc(C)c1NC(=O)C[NH+]1CCN(C(=O)c2cc3c(s2)CCCC3)CC1. The van der Waals surface area contributed by atoms with Gasteiger partial charge in [0.1, 0.15) is 0 Å². The highest BCUT2D eigenvalue weighted by Crippen LogP contribution is 2.30. The molecule has 2 N–H and O–H groups in total. The second kappa shape index (κ2) is 8.67. The van der Waals surface area contributed by atoms with Crippen molar-refractivity contribution in [3.63, 3.8) is 0 Å². The molecule has 6 heteroatoms. The first kappa shape index (κ1) is 20.1. The summed E-state index contributed by atoms with van der Waals surface area (Å²) in [5, 5.41) is 3.07. The largest absolute Gasteiger partial charge is 0.327 e. The van der Waals surface area contributed by atoms with Gasteiger partial charge < -0.3 is 15.1 Å². The monoisotopic (exact) mass is 412 g/mol. The van der Waals surface area contributed by atoms with Crippen molar-refractivity contribution < 1.29 is 14.5 Å². The number of anilines is 1. The summed E-state index contributed by atoms with van der Waals surface area (Å²) in [5.41, 5.74) is 4.48. The minimum atomic E-state index is 0.0445. The van der Waals surface area contributed by atoms with Gasteiger partial charge in [0.15, 0.2) is 6.54 Å². The molecule has 1 fully saturated rings. The average molecular weight is 413 g/mol. The first-order chi connectivity index (χ1) is 14.0. The molecule has 2 aromatic rings. The summed E-state index contributed by atoms with van der Waals surface area (Å²) >= 11 is 1.69. The molecule has 1 aliphatic heterocycles. The van der Waals surface area contributed by atoms with Crippen LogP contribution in [0.5, 0.6) is 0 Å². The molecule has 0 bridgehead atoms. The maximum Gasteiger partial charge on any atom is 0.279 e. The van der Waals surface area contributed by atoms with E-state index in [2.05, 4.69) is 11.4 Å². The van der Waals surface area contributed by atoms with Gasteiger partial charge in [0.2, 0.25) is 0 Å². The highest BCUT2D eigenvalue weighted by Gasteiger charge is 2.28. The minimum absolute atomic E-state index is 0.0445. The highest BCUT2D eigenvalue weighted by atomic mass is 32.1. The lowest BCUT2D eigenvalue weighted by Crippen LogP contribution is -3.15. The fourth-order valence-corrected chi connectivity index (χ4v) is 5.60. The Hall–Kier alpha value is -2.18. The van der Waals surface area contributed by atoms with Gasteiger partial charge in [-0.1, -0.05) is 18.2 Å². The van der Waals surface area contributed by atoms with Gasteiger partial charge in [0, 0.05) is 10.6 Å². The number of hydrogen-bond acceptors (Lipinski definition) is 3. The van der Waals surface area contributed by atoms with E-state index in [9.17, 15) is 9.59 Å². The van der Waals surface area contributed by atoms with Gasteiger partial charge in [-0.3, -0.25) is 9.59 Å². The van der Waals surface area contributed by atoms with Crippen LogP contribution in [0.4, 0.5) is 5.69 Å². The van der Waals surface area contributed by atoms with Crippen molar-refractivity contribution in [3.8, 4) is 0 Å². The molecule has 29 heavy (non-hydrogen) atoms. The second-order valence-electron chi connectivity index (χ2n) is 8.30. The molecule has 1 aliphatic carbocycles. The predicted octanol–water partition coefficient (Wildman–Crippen LogP) is 2.22. The fraction of sp³-hybridized carbons (Fsp3) is 0.478. The van der Waals surface area contributed by atoms with Gasteiger partial charge in [0.05, 0.1) is 31.1 Å². The highest BCUT2D eigenvalue weighted by molar-refractivity contribution is 7.14. The van der Waals surface area contributed by atoms with Crippen LogP contribution in [0, 0.1) is 13.8 Å². The van der Waals surface area contributed by atoms with Crippen molar-refractivity contribution in [2.24, 2.45) is 0 Å². The molecular weight excluding hydrogens is 382 g/mol. The normalized spacial score (nSPS) is 17.1. The molecule has 2 amide bonds. The van der Waals surface area contributed by atoms with Gasteiger partial charge in [-0.2, -0.15) is 0 Å².